The fourth-order valence-electron chi connectivity index (χ4n) is 4.18. The van der Waals surface area contributed by atoms with E-state index in [4.69, 9.17) is 14.2 Å². The van der Waals surface area contributed by atoms with Gasteiger partial charge in [0.2, 0.25) is 5.91 Å². The van der Waals surface area contributed by atoms with Crippen molar-refractivity contribution >= 4 is 5.91 Å². The fraction of sp³-hybridized carbons (Fsp3) is 0.947. The maximum atomic E-state index is 11.6. The number of nitrogens with one attached hydrogen (secondary N) is 2. The number of rotatable bonds is 8. The van der Waals surface area contributed by atoms with E-state index in [1.54, 1.807) is 6.92 Å². The van der Waals surface area contributed by atoms with Crippen molar-refractivity contribution in [3.05, 3.63) is 0 Å². The smallest absolute Gasteiger partial charge is 0.217 e. The minimum Gasteiger partial charge on any atom is -0.378 e. The molecule has 2 N–H and O–H groups in total. The summed E-state index contributed by atoms with van der Waals surface area (Å²) < 4.78 is 18.2. The molecular formula is C19H34N2O4. The van der Waals surface area contributed by atoms with Crippen molar-refractivity contribution in [3.8, 4) is 0 Å². The fourth-order valence-corrected chi connectivity index (χ4v) is 4.18. The highest BCUT2D eigenvalue weighted by atomic mass is 16.5. The number of carbonyl (C=O) groups is 1. The van der Waals surface area contributed by atoms with Crippen LogP contribution in [0.2, 0.25) is 0 Å². The van der Waals surface area contributed by atoms with E-state index in [0.29, 0.717) is 19.3 Å². The number of fused-ring (bicyclic) bond motifs is 3. The number of ether oxygens (including phenoxy) is 3. The molecule has 144 valence electrons. The van der Waals surface area contributed by atoms with Crippen LogP contribution in [0.15, 0.2) is 0 Å². The van der Waals surface area contributed by atoms with Crippen LogP contribution in [0.5, 0.6) is 0 Å². The highest BCUT2D eigenvalue weighted by molar-refractivity contribution is 5.73. The molecule has 1 saturated carbocycles. The minimum atomic E-state index is -0.107. The zero-order valence-corrected chi connectivity index (χ0v) is 15.7. The van der Waals surface area contributed by atoms with Gasteiger partial charge < -0.3 is 24.8 Å². The molecule has 3 saturated heterocycles. The Labute approximate surface area is 151 Å². The first-order chi connectivity index (χ1) is 12.1. The van der Waals surface area contributed by atoms with Gasteiger partial charge in [0, 0.05) is 12.3 Å². The average Bonchev–Trinajstić information content (AvgIpc) is 2.65. The summed E-state index contributed by atoms with van der Waals surface area (Å²) in [5.74, 6) is -0.0333. The predicted molar refractivity (Wildman–Crippen MR) is 95.5 cm³/mol. The molecule has 6 heteroatoms. The van der Waals surface area contributed by atoms with Gasteiger partial charge in [0.05, 0.1) is 44.2 Å². The molecule has 2 atom stereocenters. The number of carbonyl (C=O) groups excluding carboxylic acids is 1. The molecule has 25 heavy (non-hydrogen) atoms. The first-order valence-electron chi connectivity index (χ1n) is 9.89. The lowest BCUT2D eigenvalue weighted by Gasteiger charge is -2.46. The first kappa shape index (κ1) is 19.1. The van der Waals surface area contributed by atoms with E-state index in [9.17, 15) is 4.79 Å². The molecular weight excluding hydrogens is 320 g/mol. The standard InChI is InChI=1S/C19H34N2O4/c1-14(24-12-19-7-3-16(4-8-19)25-13-19)18(21-15(2)22)11-23-17-5-9-20-10-6-17/h14,16-18,20H,3-13H2,1-2H3,(H,21,22)/t14-,16?,18-,19?/m1/s1. The summed E-state index contributed by atoms with van der Waals surface area (Å²) in [6.45, 7) is 7.65. The molecule has 3 heterocycles. The lowest BCUT2D eigenvalue weighted by Crippen LogP contribution is -2.50. The lowest BCUT2D eigenvalue weighted by molar-refractivity contribution is -0.154. The van der Waals surface area contributed by atoms with Gasteiger partial charge in [-0.25, -0.2) is 0 Å². The Balaban J connectivity index is 1.47. The topological polar surface area (TPSA) is 68.8 Å². The van der Waals surface area contributed by atoms with Crippen molar-refractivity contribution in [2.45, 2.75) is 76.7 Å². The van der Waals surface area contributed by atoms with Crippen LogP contribution < -0.4 is 10.6 Å². The number of amides is 1. The highest BCUT2D eigenvalue weighted by Gasteiger charge is 2.42. The molecule has 0 aromatic heterocycles. The van der Waals surface area contributed by atoms with Gasteiger partial charge in [-0.3, -0.25) is 4.79 Å². The van der Waals surface area contributed by atoms with E-state index >= 15 is 0 Å². The van der Waals surface area contributed by atoms with Gasteiger partial charge in [-0.05, 0) is 58.5 Å². The summed E-state index contributed by atoms with van der Waals surface area (Å²) in [5.41, 5.74) is 0.180. The maximum Gasteiger partial charge on any atom is 0.217 e. The molecule has 0 radical (unpaired) electrons. The second kappa shape index (κ2) is 8.80. The largest absolute Gasteiger partial charge is 0.378 e. The third kappa shape index (κ3) is 5.39. The normalized spacial score (nSPS) is 32.3. The number of hydrogen-bond donors (Lipinski definition) is 2. The van der Waals surface area contributed by atoms with Gasteiger partial charge in [-0.15, -0.1) is 0 Å². The van der Waals surface area contributed by atoms with Crippen molar-refractivity contribution in [1.82, 2.24) is 10.6 Å². The van der Waals surface area contributed by atoms with E-state index in [0.717, 1.165) is 45.4 Å². The van der Waals surface area contributed by atoms with Gasteiger partial charge in [0.25, 0.3) is 0 Å². The van der Waals surface area contributed by atoms with Crippen LogP contribution in [0.1, 0.15) is 52.4 Å². The van der Waals surface area contributed by atoms with Crippen LogP contribution in [0.25, 0.3) is 0 Å². The Morgan fingerprint density at radius 1 is 1.28 bits per heavy atom. The van der Waals surface area contributed by atoms with E-state index in [1.807, 2.05) is 6.92 Å². The van der Waals surface area contributed by atoms with Gasteiger partial charge in [-0.2, -0.15) is 0 Å². The van der Waals surface area contributed by atoms with Crippen LogP contribution in [-0.2, 0) is 19.0 Å². The van der Waals surface area contributed by atoms with Gasteiger partial charge in [0.15, 0.2) is 0 Å². The third-order valence-electron chi connectivity index (χ3n) is 6.02. The molecule has 3 aliphatic heterocycles. The van der Waals surface area contributed by atoms with E-state index in [-0.39, 0.29) is 29.6 Å². The molecule has 4 aliphatic rings. The SMILES string of the molecule is CC(=O)N[C@H](COC1CCNCC1)[C@@H](C)OCC12CCC(CC1)OC2. The summed E-state index contributed by atoms with van der Waals surface area (Å²) in [6, 6.07) is -0.107. The molecule has 0 aromatic carbocycles. The number of piperidine rings is 1. The highest BCUT2D eigenvalue weighted by Crippen LogP contribution is 2.43. The molecule has 1 aliphatic carbocycles. The summed E-state index contributed by atoms with van der Waals surface area (Å²) in [5, 5.41) is 6.35. The summed E-state index contributed by atoms with van der Waals surface area (Å²) in [6.07, 6.45) is 7.46. The second-order valence-corrected chi connectivity index (χ2v) is 8.12. The van der Waals surface area contributed by atoms with E-state index in [2.05, 4.69) is 10.6 Å². The van der Waals surface area contributed by atoms with E-state index in [1.165, 1.54) is 12.8 Å². The van der Waals surface area contributed by atoms with Crippen LogP contribution in [-0.4, -0.2) is 63.2 Å². The Morgan fingerprint density at radius 2 is 2.00 bits per heavy atom. The lowest BCUT2D eigenvalue weighted by atomic mass is 9.72. The maximum absolute atomic E-state index is 11.6. The van der Waals surface area contributed by atoms with Gasteiger partial charge in [0.1, 0.15) is 0 Å². The molecule has 0 unspecified atom stereocenters. The van der Waals surface area contributed by atoms with Gasteiger partial charge in [-0.1, -0.05) is 0 Å². The molecule has 2 bridgehead atoms. The molecule has 1 amide bonds. The van der Waals surface area contributed by atoms with Crippen LogP contribution in [0.4, 0.5) is 0 Å². The van der Waals surface area contributed by atoms with E-state index < -0.39 is 0 Å². The van der Waals surface area contributed by atoms with Crippen molar-refractivity contribution in [2.24, 2.45) is 5.41 Å². The van der Waals surface area contributed by atoms with Crippen molar-refractivity contribution < 1.29 is 19.0 Å². The van der Waals surface area contributed by atoms with Crippen molar-refractivity contribution in [3.63, 3.8) is 0 Å². The molecule has 4 fully saturated rings. The number of hydrogen-bond acceptors (Lipinski definition) is 5. The quantitative estimate of drug-likeness (QED) is 0.693. The van der Waals surface area contributed by atoms with Crippen molar-refractivity contribution in [2.75, 3.05) is 32.9 Å². The first-order valence-corrected chi connectivity index (χ1v) is 9.89. The molecule has 6 nitrogen and oxygen atoms in total. The molecule has 0 aromatic rings. The minimum absolute atomic E-state index is 0.0333. The molecule has 4 rings (SSSR count). The average molecular weight is 354 g/mol. The summed E-state index contributed by atoms with van der Waals surface area (Å²) >= 11 is 0. The van der Waals surface area contributed by atoms with Gasteiger partial charge >= 0.3 is 0 Å². The summed E-state index contributed by atoms with van der Waals surface area (Å²) in [7, 11) is 0. The monoisotopic (exact) mass is 354 g/mol. The zero-order chi connectivity index (χ0) is 17.7. The Kier molecular flexibility index (Phi) is 6.72. The Bertz CT molecular complexity index is 417. The van der Waals surface area contributed by atoms with Crippen LogP contribution in [0.3, 0.4) is 0 Å². The molecule has 0 spiro atoms. The van der Waals surface area contributed by atoms with Crippen LogP contribution in [0, 0.1) is 5.41 Å². The third-order valence-corrected chi connectivity index (χ3v) is 6.02. The Hall–Kier alpha value is -0.690. The van der Waals surface area contributed by atoms with Crippen LogP contribution >= 0.6 is 0 Å². The second-order valence-electron chi connectivity index (χ2n) is 8.12. The zero-order valence-electron chi connectivity index (χ0n) is 15.7. The Morgan fingerprint density at radius 3 is 2.60 bits per heavy atom. The summed E-state index contributed by atoms with van der Waals surface area (Å²) in [4.78, 5) is 11.6. The van der Waals surface area contributed by atoms with Crippen molar-refractivity contribution in [1.29, 1.82) is 0 Å². The predicted octanol–water partition coefficient (Wildman–Crippen LogP) is 1.62.